The quantitative estimate of drug-likeness (QED) is 0.497. The number of nitrogens with two attached hydrogens (primary N) is 1. The van der Waals surface area contributed by atoms with Gasteiger partial charge < -0.3 is 5.73 Å². The topological polar surface area (TPSA) is 51.9 Å². The molecule has 0 saturated heterocycles. The molecule has 0 aromatic carbocycles. The molecule has 4 nitrogen and oxygen atoms in total. The van der Waals surface area contributed by atoms with Crippen LogP contribution in [0.25, 0.3) is 0 Å². The van der Waals surface area contributed by atoms with Crippen LogP contribution in [0.2, 0.25) is 0 Å². The summed E-state index contributed by atoms with van der Waals surface area (Å²) in [5.41, 5.74) is 5.08. The predicted molar refractivity (Wildman–Crippen MR) is 35.1 cm³/mol. The normalized spacial score (nSPS) is 9.80. The van der Waals surface area contributed by atoms with Crippen LogP contribution in [0.3, 0.4) is 0 Å². The SMILES string of the molecule is Cn1cc[n+](C)c1C(N)=O. The Morgan fingerprint density at radius 3 is 2.60 bits per heavy atom. The zero-order chi connectivity index (χ0) is 7.72. The van der Waals surface area contributed by atoms with Crippen molar-refractivity contribution in [2.75, 3.05) is 0 Å². The number of aryl methyl sites for hydroxylation is 2. The van der Waals surface area contributed by atoms with Crippen LogP contribution in [0.15, 0.2) is 12.4 Å². The summed E-state index contributed by atoms with van der Waals surface area (Å²) in [5, 5.41) is 0. The number of primary amides is 1. The van der Waals surface area contributed by atoms with Gasteiger partial charge in [-0.05, 0) is 0 Å². The molecule has 0 aliphatic carbocycles. The van der Waals surface area contributed by atoms with Gasteiger partial charge in [-0.2, -0.15) is 0 Å². The van der Waals surface area contributed by atoms with Crippen molar-refractivity contribution in [3.63, 3.8) is 0 Å². The maximum absolute atomic E-state index is 10.7. The molecule has 10 heavy (non-hydrogen) atoms. The predicted octanol–water partition coefficient (Wildman–Crippen LogP) is -1.05. The molecule has 0 fully saturated rings. The van der Waals surface area contributed by atoms with Gasteiger partial charge in [0.1, 0.15) is 12.4 Å². The molecule has 0 aliphatic rings. The lowest BCUT2D eigenvalue weighted by Gasteiger charge is -1.89. The summed E-state index contributed by atoms with van der Waals surface area (Å²) >= 11 is 0. The zero-order valence-electron chi connectivity index (χ0n) is 6.03. The van der Waals surface area contributed by atoms with Gasteiger partial charge in [0.05, 0.1) is 14.1 Å². The van der Waals surface area contributed by atoms with E-state index in [1.165, 1.54) is 0 Å². The second kappa shape index (κ2) is 2.13. The number of hydrogen-bond acceptors (Lipinski definition) is 1. The Kier molecular flexibility index (Phi) is 1.45. The van der Waals surface area contributed by atoms with Crippen molar-refractivity contribution in [2.45, 2.75) is 0 Å². The summed E-state index contributed by atoms with van der Waals surface area (Å²) in [4.78, 5) is 10.7. The first-order valence-corrected chi connectivity index (χ1v) is 2.93. The van der Waals surface area contributed by atoms with E-state index in [2.05, 4.69) is 0 Å². The van der Waals surface area contributed by atoms with Crippen molar-refractivity contribution in [3.8, 4) is 0 Å². The zero-order valence-corrected chi connectivity index (χ0v) is 6.03. The van der Waals surface area contributed by atoms with Gasteiger partial charge in [0, 0.05) is 0 Å². The van der Waals surface area contributed by atoms with Crippen molar-refractivity contribution in [1.82, 2.24) is 4.57 Å². The minimum atomic E-state index is -0.407. The molecule has 54 valence electrons. The van der Waals surface area contributed by atoms with Crippen molar-refractivity contribution < 1.29 is 9.36 Å². The summed E-state index contributed by atoms with van der Waals surface area (Å²) in [5.74, 6) is 0.0926. The van der Waals surface area contributed by atoms with Crippen LogP contribution >= 0.6 is 0 Å². The molecular weight excluding hydrogens is 130 g/mol. The van der Waals surface area contributed by atoms with Crippen molar-refractivity contribution in [2.24, 2.45) is 19.8 Å². The van der Waals surface area contributed by atoms with Crippen molar-refractivity contribution in [1.29, 1.82) is 0 Å². The van der Waals surface area contributed by atoms with E-state index in [0.717, 1.165) is 0 Å². The van der Waals surface area contributed by atoms with Crippen LogP contribution in [-0.4, -0.2) is 10.5 Å². The third-order valence-corrected chi connectivity index (χ3v) is 1.40. The first kappa shape index (κ1) is 6.80. The number of aromatic nitrogens is 2. The molecule has 0 radical (unpaired) electrons. The molecule has 1 rings (SSSR count). The minimum absolute atomic E-state index is 0.407. The third-order valence-electron chi connectivity index (χ3n) is 1.40. The molecule has 0 atom stereocenters. The number of carbonyl (C=O) groups excluding carboxylic acids is 1. The smallest absolute Gasteiger partial charge is 0.347 e. The minimum Gasteiger partial charge on any atom is -0.359 e. The highest BCUT2D eigenvalue weighted by atomic mass is 16.1. The van der Waals surface area contributed by atoms with Gasteiger partial charge in [-0.15, -0.1) is 0 Å². The van der Waals surface area contributed by atoms with E-state index in [1.807, 2.05) is 0 Å². The number of nitrogens with zero attached hydrogens (tertiary/aromatic N) is 2. The van der Waals surface area contributed by atoms with E-state index in [4.69, 9.17) is 5.73 Å². The molecule has 0 saturated carbocycles. The summed E-state index contributed by atoms with van der Waals surface area (Å²) < 4.78 is 3.37. The Balaban J connectivity index is 3.23. The first-order chi connectivity index (χ1) is 4.63. The number of imidazole rings is 1. The van der Waals surface area contributed by atoms with Gasteiger partial charge in [-0.25, -0.2) is 9.13 Å². The van der Waals surface area contributed by atoms with E-state index in [0.29, 0.717) is 5.82 Å². The molecule has 1 heterocycles. The Hall–Kier alpha value is -1.32. The van der Waals surface area contributed by atoms with Gasteiger partial charge in [0.15, 0.2) is 0 Å². The lowest BCUT2D eigenvalue weighted by molar-refractivity contribution is -0.672. The molecule has 0 bridgehead atoms. The van der Waals surface area contributed by atoms with Crippen LogP contribution in [0.4, 0.5) is 0 Å². The van der Waals surface area contributed by atoms with Gasteiger partial charge >= 0.3 is 11.7 Å². The second-order valence-corrected chi connectivity index (χ2v) is 2.21. The van der Waals surface area contributed by atoms with E-state index >= 15 is 0 Å². The van der Waals surface area contributed by atoms with Gasteiger partial charge in [0.25, 0.3) is 0 Å². The largest absolute Gasteiger partial charge is 0.359 e. The molecule has 1 aromatic rings. The molecular formula is C6H10N3O+. The van der Waals surface area contributed by atoms with E-state index in [9.17, 15) is 4.79 Å². The van der Waals surface area contributed by atoms with E-state index in [-0.39, 0.29) is 0 Å². The first-order valence-electron chi connectivity index (χ1n) is 2.93. The average molecular weight is 140 g/mol. The standard InChI is InChI=1S/C6H9N3O/c1-8-3-4-9(2)6(8)5(7)10/h3-4H,1-2H3,(H-,7,10)/p+1. The summed E-state index contributed by atoms with van der Waals surface area (Å²) in [6.07, 6.45) is 3.56. The van der Waals surface area contributed by atoms with Crippen LogP contribution < -0.4 is 10.3 Å². The van der Waals surface area contributed by atoms with Crippen LogP contribution in [-0.2, 0) is 14.1 Å². The van der Waals surface area contributed by atoms with Gasteiger partial charge in [0.2, 0.25) is 0 Å². The maximum atomic E-state index is 10.7. The van der Waals surface area contributed by atoms with E-state index < -0.39 is 5.91 Å². The highest BCUT2D eigenvalue weighted by Crippen LogP contribution is 1.87. The lowest BCUT2D eigenvalue weighted by Crippen LogP contribution is -2.37. The van der Waals surface area contributed by atoms with Crippen molar-refractivity contribution in [3.05, 3.63) is 18.2 Å². The van der Waals surface area contributed by atoms with Crippen LogP contribution in [0.1, 0.15) is 10.6 Å². The fourth-order valence-corrected chi connectivity index (χ4v) is 0.938. The molecule has 0 unspecified atom stereocenters. The summed E-state index contributed by atoms with van der Waals surface area (Å²) in [6, 6.07) is 0. The Labute approximate surface area is 58.9 Å². The summed E-state index contributed by atoms with van der Waals surface area (Å²) in [7, 11) is 3.56. The van der Waals surface area contributed by atoms with Crippen LogP contribution in [0, 0.1) is 0 Å². The fourth-order valence-electron chi connectivity index (χ4n) is 0.938. The number of carbonyl (C=O) groups is 1. The highest BCUT2D eigenvalue weighted by Gasteiger charge is 2.16. The Morgan fingerprint density at radius 1 is 1.80 bits per heavy atom. The number of hydrogen-bond donors (Lipinski definition) is 1. The lowest BCUT2D eigenvalue weighted by atomic mass is 10.5. The van der Waals surface area contributed by atoms with Gasteiger partial charge in [-0.1, -0.05) is 0 Å². The summed E-state index contributed by atoms with van der Waals surface area (Å²) in [6.45, 7) is 0. The number of rotatable bonds is 1. The molecule has 4 heteroatoms. The fraction of sp³-hybridized carbons (Fsp3) is 0.333. The third kappa shape index (κ3) is 0.877. The highest BCUT2D eigenvalue weighted by molar-refractivity contribution is 5.87. The molecule has 0 spiro atoms. The molecule has 1 amide bonds. The second-order valence-electron chi connectivity index (χ2n) is 2.21. The maximum Gasteiger partial charge on any atom is 0.347 e. The Bertz CT molecular complexity index is 244. The molecule has 0 aliphatic heterocycles. The van der Waals surface area contributed by atoms with Crippen LogP contribution in [0.5, 0.6) is 0 Å². The molecule has 1 aromatic heterocycles. The number of amides is 1. The Morgan fingerprint density at radius 2 is 2.40 bits per heavy atom. The van der Waals surface area contributed by atoms with Crippen molar-refractivity contribution >= 4 is 5.91 Å². The molecule has 2 N–H and O–H groups in total. The monoisotopic (exact) mass is 140 g/mol. The van der Waals surface area contributed by atoms with Gasteiger partial charge in [-0.3, -0.25) is 4.79 Å². The average Bonchev–Trinajstić information content (AvgIpc) is 2.11. The van der Waals surface area contributed by atoms with E-state index in [1.54, 1.807) is 35.6 Å².